The lowest BCUT2D eigenvalue weighted by Crippen LogP contribution is -2.02. The van der Waals surface area contributed by atoms with Crippen LogP contribution in [-0.4, -0.2) is 24.4 Å². The van der Waals surface area contributed by atoms with Gasteiger partial charge in [0, 0.05) is 18.2 Å². The zero-order valence-corrected chi connectivity index (χ0v) is 15.2. The Labute approximate surface area is 153 Å². The minimum Gasteiger partial charge on any atom is -0.341 e. The number of hydrogen-bond acceptors (Lipinski definition) is 5. The van der Waals surface area contributed by atoms with E-state index in [9.17, 15) is 10.1 Å². The number of nitro groups is 1. The number of nitrogens with zero attached hydrogens (tertiary/aromatic N) is 4. The molecule has 0 fully saturated rings. The van der Waals surface area contributed by atoms with Crippen molar-refractivity contribution in [3.8, 4) is 0 Å². The van der Waals surface area contributed by atoms with Gasteiger partial charge in [-0.2, -0.15) is 0 Å². The minimum atomic E-state index is -0.403. The van der Waals surface area contributed by atoms with Gasteiger partial charge in [-0.3, -0.25) is 10.1 Å². The molecule has 0 bridgehead atoms. The number of nitrogens with one attached hydrogen (secondary N) is 1. The summed E-state index contributed by atoms with van der Waals surface area (Å²) in [6, 6.07) is 13.0. The summed E-state index contributed by atoms with van der Waals surface area (Å²) >= 11 is 1.60. The number of fused-ring (bicyclic) bond motifs is 2. The number of benzene rings is 2. The largest absolute Gasteiger partial charge is 0.341 e. The molecule has 2 aromatic carbocycles. The molecule has 0 saturated heterocycles. The monoisotopic (exact) mass is 367 g/mol. The minimum absolute atomic E-state index is 0.0574. The van der Waals surface area contributed by atoms with Crippen LogP contribution in [0.5, 0.6) is 0 Å². The van der Waals surface area contributed by atoms with Gasteiger partial charge in [0.2, 0.25) is 0 Å². The van der Waals surface area contributed by atoms with Crippen LogP contribution in [0, 0.1) is 10.1 Å². The summed E-state index contributed by atoms with van der Waals surface area (Å²) in [5.74, 6) is 1.38. The first-order chi connectivity index (χ1) is 12.5. The number of aromatic amines is 1. The molecule has 0 amide bonds. The van der Waals surface area contributed by atoms with E-state index in [0.717, 1.165) is 27.5 Å². The third kappa shape index (κ3) is 2.92. The molecule has 2 heterocycles. The van der Waals surface area contributed by atoms with Crippen LogP contribution in [0.1, 0.15) is 25.7 Å². The zero-order chi connectivity index (χ0) is 18.3. The first kappa shape index (κ1) is 16.6. The van der Waals surface area contributed by atoms with E-state index in [-0.39, 0.29) is 5.69 Å². The van der Waals surface area contributed by atoms with E-state index in [4.69, 9.17) is 4.98 Å². The summed E-state index contributed by atoms with van der Waals surface area (Å²) < 4.78 is 2.22. The topological polar surface area (TPSA) is 89.6 Å². The molecular weight excluding hydrogens is 350 g/mol. The summed E-state index contributed by atoms with van der Waals surface area (Å²) in [5, 5.41) is 11.8. The van der Waals surface area contributed by atoms with E-state index in [2.05, 4.69) is 34.4 Å². The first-order valence-electron chi connectivity index (χ1n) is 8.26. The molecule has 0 aliphatic carbocycles. The second-order valence-electron chi connectivity index (χ2n) is 6.28. The SMILES string of the molecule is CC(C)n1c(SCc2nc3ccc([N+](=O)[O-])cc3[nH]2)nc2ccccc21. The van der Waals surface area contributed by atoms with Crippen molar-refractivity contribution in [3.05, 3.63) is 58.4 Å². The van der Waals surface area contributed by atoms with Gasteiger partial charge in [0.15, 0.2) is 5.16 Å². The number of thioether (sulfide) groups is 1. The van der Waals surface area contributed by atoms with E-state index in [1.807, 2.05) is 18.2 Å². The van der Waals surface area contributed by atoms with Crippen molar-refractivity contribution in [3.63, 3.8) is 0 Å². The molecule has 0 atom stereocenters. The van der Waals surface area contributed by atoms with Crippen molar-refractivity contribution in [1.29, 1.82) is 0 Å². The van der Waals surface area contributed by atoms with Crippen molar-refractivity contribution >= 4 is 39.5 Å². The van der Waals surface area contributed by atoms with Crippen LogP contribution in [0.3, 0.4) is 0 Å². The maximum atomic E-state index is 10.9. The molecule has 7 nitrogen and oxygen atoms in total. The van der Waals surface area contributed by atoms with Crippen molar-refractivity contribution in [2.24, 2.45) is 0 Å². The van der Waals surface area contributed by atoms with Crippen LogP contribution in [0.25, 0.3) is 22.1 Å². The lowest BCUT2D eigenvalue weighted by atomic mass is 10.3. The van der Waals surface area contributed by atoms with E-state index >= 15 is 0 Å². The lowest BCUT2D eigenvalue weighted by molar-refractivity contribution is -0.384. The number of non-ortho nitro benzene ring substituents is 1. The first-order valence-corrected chi connectivity index (χ1v) is 9.24. The van der Waals surface area contributed by atoms with Gasteiger partial charge < -0.3 is 9.55 Å². The molecule has 4 rings (SSSR count). The third-order valence-electron chi connectivity index (χ3n) is 4.14. The molecule has 0 spiro atoms. The smallest absolute Gasteiger partial charge is 0.271 e. The number of rotatable bonds is 5. The molecule has 2 aromatic heterocycles. The fraction of sp³-hybridized carbons (Fsp3) is 0.222. The van der Waals surface area contributed by atoms with Gasteiger partial charge in [-0.25, -0.2) is 9.97 Å². The average molecular weight is 367 g/mol. The Morgan fingerprint density at radius 2 is 2.00 bits per heavy atom. The predicted molar refractivity (Wildman–Crippen MR) is 102 cm³/mol. The Hall–Kier alpha value is -2.87. The van der Waals surface area contributed by atoms with Gasteiger partial charge in [-0.05, 0) is 32.0 Å². The highest BCUT2D eigenvalue weighted by atomic mass is 32.2. The van der Waals surface area contributed by atoms with Crippen molar-refractivity contribution in [2.75, 3.05) is 0 Å². The highest BCUT2D eigenvalue weighted by Gasteiger charge is 2.15. The third-order valence-corrected chi connectivity index (χ3v) is 5.11. The van der Waals surface area contributed by atoms with Crippen molar-refractivity contribution in [2.45, 2.75) is 30.8 Å². The fourth-order valence-electron chi connectivity index (χ4n) is 2.99. The summed E-state index contributed by atoms with van der Waals surface area (Å²) in [6.45, 7) is 4.27. The Morgan fingerprint density at radius 1 is 1.19 bits per heavy atom. The van der Waals surface area contributed by atoms with Crippen LogP contribution in [0.4, 0.5) is 5.69 Å². The molecule has 8 heteroatoms. The van der Waals surface area contributed by atoms with E-state index < -0.39 is 4.92 Å². The highest BCUT2D eigenvalue weighted by Crippen LogP contribution is 2.30. The summed E-state index contributed by atoms with van der Waals surface area (Å²) in [7, 11) is 0. The van der Waals surface area contributed by atoms with Gasteiger partial charge in [0.25, 0.3) is 5.69 Å². The van der Waals surface area contributed by atoms with Gasteiger partial charge in [0.05, 0.1) is 32.7 Å². The van der Waals surface area contributed by atoms with Crippen LogP contribution in [0.2, 0.25) is 0 Å². The number of hydrogen-bond donors (Lipinski definition) is 1. The molecule has 0 radical (unpaired) electrons. The molecule has 0 saturated carbocycles. The quantitative estimate of drug-likeness (QED) is 0.314. The molecule has 0 aliphatic heterocycles. The van der Waals surface area contributed by atoms with Crippen LogP contribution >= 0.6 is 11.8 Å². The number of imidazole rings is 2. The molecule has 4 aromatic rings. The van der Waals surface area contributed by atoms with Gasteiger partial charge in [0.1, 0.15) is 5.82 Å². The Kier molecular flexibility index (Phi) is 4.12. The van der Waals surface area contributed by atoms with Crippen molar-refractivity contribution < 1.29 is 4.92 Å². The highest BCUT2D eigenvalue weighted by molar-refractivity contribution is 7.98. The maximum absolute atomic E-state index is 10.9. The molecular formula is C18H17N5O2S. The van der Waals surface area contributed by atoms with Crippen LogP contribution in [-0.2, 0) is 5.75 Å². The standard InChI is InChI=1S/C18H17N5O2S/c1-11(2)22-16-6-4-3-5-14(16)21-18(22)26-10-17-19-13-8-7-12(23(24)25)9-15(13)20-17/h3-9,11H,10H2,1-2H3,(H,19,20). The summed E-state index contributed by atoms with van der Waals surface area (Å²) in [5.41, 5.74) is 3.55. The number of H-pyrrole nitrogens is 1. The number of aromatic nitrogens is 4. The van der Waals surface area contributed by atoms with E-state index in [0.29, 0.717) is 17.3 Å². The normalized spacial score (nSPS) is 11.7. The average Bonchev–Trinajstić information content (AvgIpc) is 3.19. The van der Waals surface area contributed by atoms with E-state index in [1.165, 1.54) is 12.1 Å². The Bertz CT molecular complexity index is 1120. The molecule has 26 heavy (non-hydrogen) atoms. The molecule has 0 aliphatic rings. The maximum Gasteiger partial charge on any atom is 0.271 e. The van der Waals surface area contributed by atoms with Gasteiger partial charge in [-0.1, -0.05) is 23.9 Å². The number of para-hydroxylation sites is 2. The number of nitro benzene ring substituents is 1. The second kappa shape index (κ2) is 6.45. The predicted octanol–water partition coefficient (Wildman–Crippen LogP) is 4.69. The Morgan fingerprint density at radius 3 is 2.77 bits per heavy atom. The molecule has 132 valence electrons. The van der Waals surface area contributed by atoms with Crippen molar-refractivity contribution in [1.82, 2.24) is 19.5 Å². The van der Waals surface area contributed by atoms with Gasteiger partial charge >= 0.3 is 0 Å². The Balaban J connectivity index is 1.63. The van der Waals surface area contributed by atoms with E-state index in [1.54, 1.807) is 17.8 Å². The molecule has 1 N–H and O–H groups in total. The lowest BCUT2D eigenvalue weighted by Gasteiger charge is -2.12. The summed E-state index contributed by atoms with van der Waals surface area (Å²) in [6.07, 6.45) is 0. The summed E-state index contributed by atoms with van der Waals surface area (Å²) in [4.78, 5) is 22.9. The second-order valence-corrected chi connectivity index (χ2v) is 7.22. The molecule has 0 unspecified atom stereocenters. The van der Waals surface area contributed by atoms with Crippen LogP contribution in [0.15, 0.2) is 47.6 Å². The zero-order valence-electron chi connectivity index (χ0n) is 14.3. The van der Waals surface area contributed by atoms with Crippen LogP contribution < -0.4 is 0 Å². The fourth-order valence-corrected chi connectivity index (χ4v) is 4.00. The van der Waals surface area contributed by atoms with Gasteiger partial charge in [-0.15, -0.1) is 0 Å².